The van der Waals surface area contributed by atoms with E-state index in [4.69, 9.17) is 0 Å². The highest BCUT2D eigenvalue weighted by Gasteiger charge is 2.09. The summed E-state index contributed by atoms with van der Waals surface area (Å²) in [6.45, 7) is 0.741. The van der Waals surface area contributed by atoms with Crippen molar-refractivity contribution in [3.05, 3.63) is 95.1 Å². The van der Waals surface area contributed by atoms with Gasteiger partial charge in [0.25, 0.3) is 0 Å². The van der Waals surface area contributed by atoms with Crippen molar-refractivity contribution in [1.82, 2.24) is 9.55 Å². The van der Waals surface area contributed by atoms with Crippen molar-refractivity contribution >= 4 is 21.9 Å². The van der Waals surface area contributed by atoms with Gasteiger partial charge in [-0.2, -0.15) is 0 Å². The van der Waals surface area contributed by atoms with Crippen LogP contribution in [0.25, 0.3) is 22.4 Å². The summed E-state index contributed by atoms with van der Waals surface area (Å²) in [5.41, 5.74) is 5.91. The van der Waals surface area contributed by atoms with Crippen LogP contribution in [0.1, 0.15) is 5.56 Å². The van der Waals surface area contributed by atoms with Crippen LogP contribution in [0.4, 0.5) is 5.95 Å². The predicted molar refractivity (Wildman–Crippen MR) is 116 cm³/mol. The number of anilines is 1. The molecule has 0 atom stereocenters. The fraction of sp³-hybridized carbons (Fsp3) is 0.0870. The van der Waals surface area contributed by atoms with Crippen LogP contribution in [0.15, 0.2) is 89.5 Å². The number of halogens is 1. The number of hydrogen-bond acceptors (Lipinski definition) is 2. The summed E-state index contributed by atoms with van der Waals surface area (Å²) in [5, 5.41) is 3.41. The number of nitrogens with one attached hydrogen (secondary N) is 1. The molecular formula is C23H20BrN3. The monoisotopic (exact) mass is 417 g/mol. The van der Waals surface area contributed by atoms with Crippen molar-refractivity contribution in [2.24, 2.45) is 7.05 Å². The van der Waals surface area contributed by atoms with Crippen molar-refractivity contribution in [2.75, 3.05) is 5.32 Å². The second-order valence-corrected chi connectivity index (χ2v) is 7.37. The predicted octanol–water partition coefficient (Wildman–Crippen LogP) is 6.13. The van der Waals surface area contributed by atoms with E-state index in [1.165, 1.54) is 16.7 Å². The summed E-state index contributed by atoms with van der Waals surface area (Å²) in [5.74, 6) is 0.861. The molecule has 0 aliphatic carbocycles. The van der Waals surface area contributed by atoms with Gasteiger partial charge in [-0.05, 0) is 34.4 Å². The zero-order valence-electron chi connectivity index (χ0n) is 15.1. The molecule has 27 heavy (non-hydrogen) atoms. The van der Waals surface area contributed by atoms with Crippen LogP contribution in [-0.4, -0.2) is 9.55 Å². The van der Waals surface area contributed by atoms with E-state index in [1.807, 2.05) is 19.3 Å². The maximum Gasteiger partial charge on any atom is 0.203 e. The van der Waals surface area contributed by atoms with Gasteiger partial charge in [0.05, 0.1) is 11.9 Å². The highest BCUT2D eigenvalue weighted by atomic mass is 79.9. The average molecular weight is 418 g/mol. The lowest BCUT2D eigenvalue weighted by molar-refractivity contribution is 0.907. The fourth-order valence-electron chi connectivity index (χ4n) is 3.09. The normalized spacial score (nSPS) is 10.7. The van der Waals surface area contributed by atoms with E-state index in [-0.39, 0.29) is 0 Å². The zero-order chi connectivity index (χ0) is 18.6. The number of rotatable bonds is 5. The molecule has 0 bridgehead atoms. The van der Waals surface area contributed by atoms with Gasteiger partial charge in [-0.1, -0.05) is 82.7 Å². The van der Waals surface area contributed by atoms with Gasteiger partial charge in [-0.3, -0.25) is 0 Å². The first kappa shape index (κ1) is 17.6. The maximum absolute atomic E-state index is 4.55. The van der Waals surface area contributed by atoms with E-state index in [1.54, 1.807) is 0 Å². The van der Waals surface area contributed by atoms with Crippen LogP contribution in [0.5, 0.6) is 0 Å². The van der Waals surface area contributed by atoms with Gasteiger partial charge >= 0.3 is 0 Å². The molecule has 0 radical (unpaired) electrons. The van der Waals surface area contributed by atoms with Crippen LogP contribution >= 0.6 is 15.9 Å². The van der Waals surface area contributed by atoms with Gasteiger partial charge in [0.1, 0.15) is 0 Å². The Morgan fingerprint density at radius 3 is 2.15 bits per heavy atom. The van der Waals surface area contributed by atoms with E-state index >= 15 is 0 Å². The van der Waals surface area contributed by atoms with Crippen LogP contribution in [0.2, 0.25) is 0 Å². The number of benzene rings is 3. The highest BCUT2D eigenvalue weighted by molar-refractivity contribution is 9.10. The first-order chi connectivity index (χ1) is 13.2. The van der Waals surface area contributed by atoms with E-state index < -0.39 is 0 Å². The minimum absolute atomic E-state index is 0.741. The minimum Gasteiger partial charge on any atom is -0.352 e. The summed E-state index contributed by atoms with van der Waals surface area (Å²) in [6, 6.07) is 27.3. The molecule has 0 saturated heterocycles. The quantitative estimate of drug-likeness (QED) is 0.423. The van der Waals surface area contributed by atoms with Crippen LogP contribution < -0.4 is 5.32 Å². The fourth-order valence-corrected chi connectivity index (χ4v) is 3.35. The van der Waals surface area contributed by atoms with E-state index in [0.29, 0.717) is 0 Å². The molecule has 4 heteroatoms. The molecule has 4 aromatic rings. The summed E-state index contributed by atoms with van der Waals surface area (Å²) < 4.78 is 3.18. The number of nitrogens with zero attached hydrogens (tertiary/aromatic N) is 2. The van der Waals surface area contributed by atoms with E-state index in [2.05, 4.69) is 104 Å². The molecule has 1 N–H and O–H groups in total. The Balaban J connectivity index is 1.50. The molecule has 134 valence electrons. The average Bonchev–Trinajstić information content (AvgIpc) is 3.09. The van der Waals surface area contributed by atoms with Gasteiger partial charge < -0.3 is 9.88 Å². The molecule has 0 amide bonds. The molecule has 0 aliphatic rings. The van der Waals surface area contributed by atoms with E-state index in [9.17, 15) is 0 Å². The maximum atomic E-state index is 4.55. The highest BCUT2D eigenvalue weighted by Crippen LogP contribution is 2.26. The van der Waals surface area contributed by atoms with Crippen molar-refractivity contribution < 1.29 is 0 Å². The van der Waals surface area contributed by atoms with Crippen LogP contribution in [0, 0.1) is 0 Å². The Bertz CT molecular complexity index is 1020. The molecular weight excluding hydrogens is 398 g/mol. The first-order valence-corrected chi connectivity index (χ1v) is 9.66. The van der Waals surface area contributed by atoms with Crippen molar-refractivity contribution in [3.8, 4) is 22.4 Å². The third kappa shape index (κ3) is 3.96. The topological polar surface area (TPSA) is 29.9 Å². The zero-order valence-corrected chi connectivity index (χ0v) is 16.6. The lowest BCUT2D eigenvalue weighted by atomic mass is 10.0. The third-order valence-corrected chi connectivity index (χ3v) is 5.17. The molecule has 4 rings (SSSR count). The van der Waals surface area contributed by atoms with Gasteiger partial charge in [-0.25, -0.2) is 4.98 Å². The summed E-state index contributed by atoms with van der Waals surface area (Å²) >= 11 is 3.47. The van der Waals surface area contributed by atoms with Gasteiger partial charge in [0.15, 0.2) is 0 Å². The van der Waals surface area contributed by atoms with Crippen LogP contribution in [0.3, 0.4) is 0 Å². The number of aromatic nitrogens is 2. The van der Waals surface area contributed by atoms with Crippen molar-refractivity contribution in [1.29, 1.82) is 0 Å². The molecule has 1 heterocycles. The van der Waals surface area contributed by atoms with Crippen molar-refractivity contribution in [2.45, 2.75) is 6.54 Å². The molecule has 1 aromatic heterocycles. The second-order valence-electron chi connectivity index (χ2n) is 6.45. The Kier molecular flexibility index (Phi) is 5.07. The Hall–Kier alpha value is -2.85. The Morgan fingerprint density at radius 1 is 0.815 bits per heavy atom. The van der Waals surface area contributed by atoms with Crippen molar-refractivity contribution in [3.63, 3.8) is 0 Å². The number of imidazole rings is 1. The largest absolute Gasteiger partial charge is 0.352 e. The Labute approximate surface area is 167 Å². The van der Waals surface area contributed by atoms with Gasteiger partial charge in [0, 0.05) is 18.1 Å². The summed E-state index contributed by atoms with van der Waals surface area (Å²) in [4.78, 5) is 4.55. The third-order valence-electron chi connectivity index (χ3n) is 4.64. The molecule has 3 aromatic carbocycles. The lowest BCUT2D eigenvalue weighted by Gasteiger charge is -2.09. The molecule has 0 aliphatic heterocycles. The Morgan fingerprint density at radius 2 is 1.44 bits per heavy atom. The molecule has 3 nitrogen and oxygen atoms in total. The standard InChI is InChI=1S/C23H20BrN3/c1-27-22(16-26-23(27)25-15-17-7-13-21(24)14-8-17)20-11-9-19(10-12-20)18-5-3-2-4-6-18/h2-14,16H,15H2,1H3,(H,25,26). The SMILES string of the molecule is Cn1c(-c2ccc(-c3ccccc3)cc2)cnc1NCc1ccc(Br)cc1. The first-order valence-electron chi connectivity index (χ1n) is 8.86. The smallest absolute Gasteiger partial charge is 0.203 e. The summed E-state index contributed by atoms with van der Waals surface area (Å²) in [6.07, 6.45) is 1.92. The number of hydrogen-bond donors (Lipinski definition) is 1. The van der Waals surface area contributed by atoms with Gasteiger partial charge in [-0.15, -0.1) is 0 Å². The molecule has 0 spiro atoms. The van der Waals surface area contributed by atoms with Gasteiger partial charge in [0.2, 0.25) is 5.95 Å². The minimum atomic E-state index is 0.741. The van der Waals surface area contributed by atoms with Crippen LogP contribution in [-0.2, 0) is 13.6 Å². The second kappa shape index (κ2) is 7.80. The molecule has 0 unspecified atom stereocenters. The molecule has 0 fully saturated rings. The lowest BCUT2D eigenvalue weighted by Crippen LogP contribution is -2.05. The molecule has 0 saturated carbocycles. The van der Waals surface area contributed by atoms with E-state index in [0.717, 1.165) is 28.2 Å². The summed E-state index contributed by atoms with van der Waals surface area (Å²) in [7, 11) is 2.04.